The molecular formula is C41H29N3O. The standard InChI is InChI=1S/C41H27N3.H2O/c1-26-20-21-32(34-17-10-24-42-40(26)34)39-29-14-6-5-11-27(29)25-36-30-15-9-16-35(31(30)22-23-33(36)39)41-43-37-18-7-8-19-38(37)44(41)28-12-3-2-4-13-28;/h2-25H,1H3;1H2. The molecule has 4 nitrogen and oxygen atoms in total. The van der Waals surface area contributed by atoms with Crippen molar-refractivity contribution in [1.29, 1.82) is 0 Å². The van der Waals surface area contributed by atoms with Crippen LogP contribution in [0.25, 0.3) is 82.5 Å². The first kappa shape index (κ1) is 26.8. The lowest BCUT2D eigenvalue weighted by Gasteiger charge is -2.17. The van der Waals surface area contributed by atoms with E-state index in [1.807, 2.05) is 12.3 Å². The molecule has 0 aliphatic carbocycles. The van der Waals surface area contributed by atoms with E-state index in [1.165, 1.54) is 54.4 Å². The molecule has 0 amide bonds. The van der Waals surface area contributed by atoms with Crippen molar-refractivity contribution >= 4 is 54.3 Å². The minimum atomic E-state index is 0. The second-order valence-corrected chi connectivity index (χ2v) is 11.5. The quantitative estimate of drug-likeness (QED) is 0.154. The van der Waals surface area contributed by atoms with Crippen LogP contribution in [0.4, 0.5) is 0 Å². The van der Waals surface area contributed by atoms with Crippen LogP contribution in [-0.2, 0) is 0 Å². The molecule has 0 saturated carbocycles. The highest BCUT2D eigenvalue weighted by Crippen LogP contribution is 2.43. The van der Waals surface area contributed by atoms with Crippen molar-refractivity contribution in [2.24, 2.45) is 0 Å². The fourth-order valence-corrected chi connectivity index (χ4v) is 6.97. The average Bonchev–Trinajstić information content (AvgIpc) is 3.47. The average molecular weight is 580 g/mol. The second-order valence-electron chi connectivity index (χ2n) is 11.5. The summed E-state index contributed by atoms with van der Waals surface area (Å²) in [5.74, 6) is 0.943. The highest BCUT2D eigenvalue weighted by atomic mass is 16.0. The molecule has 9 aromatic rings. The summed E-state index contributed by atoms with van der Waals surface area (Å²) in [4.78, 5) is 9.97. The Kier molecular flexibility index (Phi) is 6.19. The van der Waals surface area contributed by atoms with Crippen molar-refractivity contribution < 1.29 is 5.48 Å². The number of aryl methyl sites for hydroxylation is 1. The zero-order valence-electron chi connectivity index (χ0n) is 24.7. The summed E-state index contributed by atoms with van der Waals surface area (Å²) in [6, 6.07) is 49.9. The summed E-state index contributed by atoms with van der Waals surface area (Å²) in [6.07, 6.45) is 1.89. The van der Waals surface area contributed by atoms with E-state index in [-0.39, 0.29) is 5.48 Å². The largest absolute Gasteiger partial charge is 0.412 e. The molecule has 0 saturated heterocycles. The Bertz CT molecular complexity index is 2570. The van der Waals surface area contributed by atoms with Crippen LogP contribution in [0.1, 0.15) is 5.56 Å². The lowest BCUT2D eigenvalue weighted by molar-refractivity contribution is 0.824. The van der Waals surface area contributed by atoms with Crippen LogP contribution in [0, 0.1) is 6.92 Å². The number of aromatic nitrogens is 3. The molecule has 4 heteroatoms. The number of imidazole rings is 1. The van der Waals surface area contributed by atoms with Crippen LogP contribution in [-0.4, -0.2) is 20.0 Å². The van der Waals surface area contributed by atoms with Crippen molar-refractivity contribution in [2.45, 2.75) is 6.92 Å². The molecule has 2 heterocycles. The molecule has 0 fully saturated rings. The molecule has 2 N–H and O–H groups in total. The van der Waals surface area contributed by atoms with E-state index in [1.54, 1.807) is 0 Å². The van der Waals surface area contributed by atoms with Gasteiger partial charge in [0.25, 0.3) is 0 Å². The molecule has 0 aliphatic heterocycles. The van der Waals surface area contributed by atoms with Crippen molar-refractivity contribution in [1.82, 2.24) is 14.5 Å². The van der Waals surface area contributed by atoms with Gasteiger partial charge in [0.1, 0.15) is 5.82 Å². The summed E-state index contributed by atoms with van der Waals surface area (Å²) >= 11 is 0. The third kappa shape index (κ3) is 4.04. The third-order valence-corrected chi connectivity index (χ3v) is 8.96. The molecule has 2 aromatic heterocycles. The molecule has 0 unspecified atom stereocenters. The number of rotatable bonds is 3. The second kappa shape index (κ2) is 10.4. The summed E-state index contributed by atoms with van der Waals surface area (Å²) in [6.45, 7) is 2.14. The molecule has 0 radical (unpaired) electrons. The smallest absolute Gasteiger partial charge is 0.146 e. The Morgan fingerprint density at radius 3 is 2.20 bits per heavy atom. The van der Waals surface area contributed by atoms with Crippen LogP contribution in [0.15, 0.2) is 146 Å². The zero-order valence-corrected chi connectivity index (χ0v) is 24.7. The summed E-state index contributed by atoms with van der Waals surface area (Å²) < 4.78 is 2.28. The molecule has 214 valence electrons. The number of hydrogen-bond acceptors (Lipinski definition) is 2. The van der Waals surface area contributed by atoms with E-state index < -0.39 is 0 Å². The van der Waals surface area contributed by atoms with E-state index in [2.05, 4.69) is 145 Å². The third-order valence-electron chi connectivity index (χ3n) is 8.96. The molecule has 0 aliphatic rings. The van der Waals surface area contributed by atoms with Crippen molar-refractivity contribution in [2.75, 3.05) is 0 Å². The number of pyridine rings is 1. The van der Waals surface area contributed by atoms with Crippen LogP contribution in [0.2, 0.25) is 0 Å². The molecule has 0 spiro atoms. The number of hydrogen-bond donors (Lipinski definition) is 0. The monoisotopic (exact) mass is 579 g/mol. The van der Waals surface area contributed by atoms with Gasteiger partial charge in [0.15, 0.2) is 0 Å². The van der Waals surface area contributed by atoms with E-state index >= 15 is 0 Å². The van der Waals surface area contributed by atoms with E-state index in [0.717, 1.165) is 33.6 Å². The van der Waals surface area contributed by atoms with Crippen molar-refractivity contribution in [3.63, 3.8) is 0 Å². The zero-order chi connectivity index (χ0) is 29.2. The molecule has 0 bridgehead atoms. The molecular weight excluding hydrogens is 550 g/mol. The van der Waals surface area contributed by atoms with E-state index in [4.69, 9.17) is 9.97 Å². The van der Waals surface area contributed by atoms with Crippen LogP contribution >= 0.6 is 0 Å². The molecule has 0 atom stereocenters. The predicted octanol–water partition coefficient (Wildman–Crippen LogP) is 9.85. The van der Waals surface area contributed by atoms with Gasteiger partial charge in [-0.3, -0.25) is 9.55 Å². The topological polar surface area (TPSA) is 62.2 Å². The lowest BCUT2D eigenvalue weighted by atomic mass is 9.87. The van der Waals surface area contributed by atoms with Gasteiger partial charge in [0, 0.05) is 22.8 Å². The van der Waals surface area contributed by atoms with Gasteiger partial charge in [0.05, 0.1) is 16.6 Å². The Morgan fingerprint density at radius 2 is 1.29 bits per heavy atom. The highest BCUT2D eigenvalue weighted by Gasteiger charge is 2.19. The lowest BCUT2D eigenvalue weighted by Crippen LogP contribution is -1.98. The summed E-state index contributed by atoms with van der Waals surface area (Å²) in [7, 11) is 0. The molecule has 9 rings (SSSR count). The van der Waals surface area contributed by atoms with Gasteiger partial charge >= 0.3 is 0 Å². The number of nitrogens with zero attached hydrogens (tertiary/aromatic N) is 3. The normalized spacial score (nSPS) is 11.5. The first-order valence-corrected chi connectivity index (χ1v) is 15.0. The SMILES string of the molecule is Cc1ccc(-c2c3ccccc3cc3c2ccc2c(-c4nc5ccccc5n4-c4ccccc4)cccc23)c2cccnc12.O. The maximum Gasteiger partial charge on any atom is 0.146 e. The molecule has 7 aromatic carbocycles. The Labute approximate surface area is 260 Å². The fourth-order valence-electron chi connectivity index (χ4n) is 6.97. The van der Waals surface area contributed by atoms with Crippen LogP contribution in [0.5, 0.6) is 0 Å². The molecule has 45 heavy (non-hydrogen) atoms. The predicted molar refractivity (Wildman–Crippen MR) is 188 cm³/mol. The van der Waals surface area contributed by atoms with Gasteiger partial charge in [-0.15, -0.1) is 0 Å². The Hall–Kier alpha value is -5.84. The summed E-state index contributed by atoms with van der Waals surface area (Å²) in [5.41, 5.74) is 8.99. The number of fused-ring (bicyclic) bond motifs is 6. The fraction of sp³-hybridized carbons (Fsp3) is 0.0244. The van der Waals surface area contributed by atoms with E-state index in [9.17, 15) is 0 Å². The maximum atomic E-state index is 5.20. The van der Waals surface area contributed by atoms with E-state index in [0.29, 0.717) is 0 Å². The Balaban J connectivity index is 0.00000300. The number of benzene rings is 7. The van der Waals surface area contributed by atoms with Crippen LogP contribution < -0.4 is 0 Å². The maximum absolute atomic E-state index is 5.20. The van der Waals surface area contributed by atoms with Gasteiger partial charge in [0.2, 0.25) is 0 Å². The van der Waals surface area contributed by atoms with Gasteiger partial charge < -0.3 is 5.48 Å². The first-order valence-electron chi connectivity index (χ1n) is 15.0. The van der Waals surface area contributed by atoms with Gasteiger partial charge in [-0.25, -0.2) is 4.98 Å². The van der Waals surface area contributed by atoms with Crippen molar-refractivity contribution in [3.8, 4) is 28.2 Å². The van der Waals surface area contributed by atoms with Gasteiger partial charge in [-0.1, -0.05) is 103 Å². The Morgan fingerprint density at radius 1 is 0.533 bits per heavy atom. The van der Waals surface area contributed by atoms with Crippen molar-refractivity contribution in [3.05, 3.63) is 151 Å². The first-order chi connectivity index (χ1) is 21.8. The summed E-state index contributed by atoms with van der Waals surface area (Å²) in [5, 5.41) is 8.52. The highest BCUT2D eigenvalue weighted by molar-refractivity contribution is 6.23. The minimum Gasteiger partial charge on any atom is -0.412 e. The van der Waals surface area contributed by atoms with Crippen LogP contribution in [0.3, 0.4) is 0 Å². The van der Waals surface area contributed by atoms with Gasteiger partial charge in [-0.2, -0.15) is 0 Å². The van der Waals surface area contributed by atoms with Gasteiger partial charge in [-0.05, 0) is 92.3 Å². The minimum absolute atomic E-state index is 0. The number of para-hydroxylation sites is 3.